The first-order valence-electron chi connectivity index (χ1n) is 16.4. The maximum absolute atomic E-state index is 14.2. The number of fused-ring (bicyclic) bond motifs is 1. The number of ether oxygens (including phenoxy) is 1. The smallest absolute Gasteiger partial charge is 0.408 e. The molecule has 246 valence electrons. The van der Waals surface area contributed by atoms with Crippen molar-refractivity contribution in [1.29, 1.82) is 0 Å². The Morgan fingerprint density at radius 3 is 2.20 bits per heavy atom. The van der Waals surface area contributed by atoms with Crippen molar-refractivity contribution in [2.24, 2.45) is 23.2 Å². The zero-order chi connectivity index (χ0) is 32.4. The zero-order valence-corrected chi connectivity index (χ0v) is 27.1. The fraction of sp³-hybridized carbons (Fsp3) is 0.812. The molecule has 4 rings (SSSR count). The summed E-state index contributed by atoms with van der Waals surface area (Å²) in [5, 5.41) is 10.7. The van der Waals surface area contributed by atoms with Gasteiger partial charge in [0.1, 0.15) is 17.7 Å². The Bertz CT molecular complexity index is 1140. The lowest BCUT2D eigenvalue weighted by molar-refractivity contribution is -0.145. The molecule has 3 aliphatic carbocycles. The second-order valence-corrected chi connectivity index (χ2v) is 14.6. The molecular weight excluding hydrogens is 566 g/mol. The van der Waals surface area contributed by atoms with Crippen LogP contribution in [0.2, 0.25) is 0 Å². The lowest BCUT2D eigenvalue weighted by atomic mass is 9.83. The van der Waals surface area contributed by atoms with Gasteiger partial charge in [-0.25, -0.2) is 4.79 Å². The van der Waals surface area contributed by atoms with Crippen molar-refractivity contribution in [3.8, 4) is 0 Å². The Kier molecular flexibility index (Phi) is 10.3. The van der Waals surface area contributed by atoms with E-state index in [1.807, 2.05) is 6.92 Å². The Morgan fingerprint density at radius 1 is 0.955 bits per heavy atom. The third-order valence-electron chi connectivity index (χ3n) is 9.61. The van der Waals surface area contributed by atoms with E-state index in [1.54, 1.807) is 25.7 Å². The van der Waals surface area contributed by atoms with E-state index in [1.165, 1.54) is 0 Å². The fourth-order valence-electron chi connectivity index (χ4n) is 7.00. The number of carbonyl (C=O) groups is 6. The molecule has 0 aromatic rings. The van der Waals surface area contributed by atoms with E-state index in [0.717, 1.165) is 44.9 Å². The molecule has 0 radical (unpaired) electrons. The van der Waals surface area contributed by atoms with Crippen LogP contribution in [-0.2, 0) is 28.7 Å². The van der Waals surface area contributed by atoms with Gasteiger partial charge < -0.3 is 30.9 Å². The predicted molar refractivity (Wildman–Crippen MR) is 162 cm³/mol. The summed E-state index contributed by atoms with van der Waals surface area (Å²) >= 11 is 0. The van der Waals surface area contributed by atoms with Gasteiger partial charge >= 0.3 is 6.09 Å². The molecule has 4 fully saturated rings. The molecular formula is C32H51N5O7. The van der Waals surface area contributed by atoms with Crippen LogP contribution in [0.15, 0.2) is 0 Å². The molecule has 12 nitrogen and oxygen atoms in total. The minimum absolute atomic E-state index is 0.0763. The van der Waals surface area contributed by atoms with E-state index in [9.17, 15) is 28.8 Å². The monoisotopic (exact) mass is 617 g/mol. The van der Waals surface area contributed by atoms with Crippen LogP contribution in [0.1, 0.15) is 99.3 Å². The zero-order valence-electron chi connectivity index (χ0n) is 27.1. The second-order valence-electron chi connectivity index (χ2n) is 14.6. The molecule has 44 heavy (non-hydrogen) atoms. The Hall–Kier alpha value is -3.18. The number of hydrogen-bond acceptors (Lipinski definition) is 7. The molecule has 1 heterocycles. The van der Waals surface area contributed by atoms with Crippen molar-refractivity contribution in [3.05, 3.63) is 0 Å². The molecule has 5 atom stereocenters. The highest BCUT2D eigenvalue weighted by molar-refractivity contribution is 6.38. The van der Waals surface area contributed by atoms with E-state index in [4.69, 9.17) is 4.74 Å². The summed E-state index contributed by atoms with van der Waals surface area (Å²) in [5.74, 6) is -3.01. The Balaban J connectivity index is 1.48. The van der Waals surface area contributed by atoms with Gasteiger partial charge in [-0.2, -0.15) is 0 Å². The number of piperidine rings is 1. The summed E-state index contributed by atoms with van der Waals surface area (Å²) in [6.07, 6.45) is 6.46. The average molecular weight is 618 g/mol. The standard InChI is InChI=1S/C32H51N5O7/c1-7-11-21(26(39)28(41)33-16-22(38)34-19-14-15-19)35-27(40)25-23-20(32(23,5)6)17-37(25)29(42)24(18-12-9-8-10-13-18)36-30(43)44-31(2,3)4/h18-21,23-25H,7-17H2,1-6H3,(H,33,41)(H,34,38)(H,35,40)(H,36,43)/t20?,21-,23?,24?,25?/m0/s1. The third kappa shape index (κ3) is 8.10. The van der Waals surface area contributed by atoms with Crippen LogP contribution in [0.5, 0.6) is 0 Å². The lowest BCUT2D eigenvalue weighted by Gasteiger charge is -2.37. The summed E-state index contributed by atoms with van der Waals surface area (Å²) in [7, 11) is 0. The van der Waals surface area contributed by atoms with E-state index < -0.39 is 47.4 Å². The van der Waals surface area contributed by atoms with Gasteiger partial charge in [-0.05, 0) is 76.0 Å². The molecule has 4 aliphatic rings. The molecule has 0 spiro atoms. The molecule has 12 heteroatoms. The van der Waals surface area contributed by atoms with Crippen LogP contribution < -0.4 is 21.3 Å². The first-order valence-corrected chi connectivity index (χ1v) is 16.4. The highest BCUT2D eigenvalue weighted by atomic mass is 16.6. The number of amides is 5. The highest BCUT2D eigenvalue weighted by Gasteiger charge is 2.69. The van der Waals surface area contributed by atoms with Gasteiger partial charge in [0.15, 0.2) is 0 Å². The summed E-state index contributed by atoms with van der Waals surface area (Å²) in [6, 6.07) is -2.63. The summed E-state index contributed by atoms with van der Waals surface area (Å²) < 4.78 is 5.49. The first kappa shape index (κ1) is 33.7. The number of carbonyl (C=O) groups excluding carboxylic acids is 6. The normalized spacial score (nSPS) is 25.6. The van der Waals surface area contributed by atoms with Crippen molar-refractivity contribution in [1.82, 2.24) is 26.2 Å². The minimum atomic E-state index is -1.09. The van der Waals surface area contributed by atoms with Gasteiger partial charge in [0.25, 0.3) is 5.91 Å². The highest BCUT2D eigenvalue weighted by Crippen LogP contribution is 2.65. The Morgan fingerprint density at radius 2 is 1.61 bits per heavy atom. The van der Waals surface area contributed by atoms with Crippen molar-refractivity contribution >= 4 is 35.5 Å². The molecule has 4 unspecified atom stereocenters. The first-order chi connectivity index (χ1) is 20.6. The van der Waals surface area contributed by atoms with E-state index in [2.05, 4.69) is 35.1 Å². The number of likely N-dealkylation sites (tertiary alicyclic amines) is 1. The largest absolute Gasteiger partial charge is 0.444 e. The minimum Gasteiger partial charge on any atom is -0.444 e. The van der Waals surface area contributed by atoms with Crippen LogP contribution in [-0.4, -0.2) is 83.3 Å². The SMILES string of the molecule is CCC[C@H](NC(=O)C1C2C(CN1C(=O)C(NC(=O)OC(C)(C)C)C1CCCCC1)C2(C)C)C(=O)C(=O)NCC(=O)NC1CC1. The van der Waals surface area contributed by atoms with Crippen LogP contribution in [0.25, 0.3) is 0 Å². The molecule has 0 aromatic heterocycles. The maximum atomic E-state index is 14.2. The molecule has 0 bridgehead atoms. The molecule has 0 aromatic carbocycles. The number of ketones is 1. The van der Waals surface area contributed by atoms with Gasteiger partial charge in [0.05, 0.1) is 12.6 Å². The number of alkyl carbamates (subject to hydrolysis) is 1. The van der Waals surface area contributed by atoms with Crippen LogP contribution in [0, 0.1) is 23.2 Å². The summed E-state index contributed by atoms with van der Waals surface area (Å²) in [5.41, 5.74) is -0.908. The van der Waals surface area contributed by atoms with Gasteiger partial charge in [-0.15, -0.1) is 0 Å². The Labute approximate surface area is 260 Å². The number of hydrogen-bond donors (Lipinski definition) is 4. The van der Waals surface area contributed by atoms with Gasteiger partial charge in [-0.1, -0.05) is 46.5 Å². The molecule has 3 saturated carbocycles. The lowest BCUT2D eigenvalue weighted by Crippen LogP contribution is -2.60. The maximum Gasteiger partial charge on any atom is 0.408 e. The van der Waals surface area contributed by atoms with Crippen molar-refractivity contribution in [2.75, 3.05) is 13.1 Å². The van der Waals surface area contributed by atoms with Gasteiger partial charge in [0.2, 0.25) is 23.5 Å². The number of nitrogens with zero attached hydrogens (tertiary/aromatic N) is 1. The summed E-state index contributed by atoms with van der Waals surface area (Å²) in [4.78, 5) is 80.4. The third-order valence-corrected chi connectivity index (χ3v) is 9.61. The predicted octanol–water partition coefficient (Wildman–Crippen LogP) is 2.19. The van der Waals surface area contributed by atoms with Crippen molar-refractivity contribution in [2.45, 2.75) is 129 Å². The topological polar surface area (TPSA) is 163 Å². The average Bonchev–Trinajstić information content (AvgIpc) is 3.80. The summed E-state index contributed by atoms with van der Waals surface area (Å²) in [6.45, 7) is 11.3. The second kappa shape index (κ2) is 13.4. The van der Waals surface area contributed by atoms with Crippen molar-refractivity contribution < 1.29 is 33.5 Å². The van der Waals surface area contributed by atoms with Crippen LogP contribution >= 0.6 is 0 Å². The molecule has 4 N–H and O–H groups in total. The fourth-order valence-corrected chi connectivity index (χ4v) is 7.00. The number of rotatable bonds is 12. The van der Waals surface area contributed by atoms with Gasteiger partial charge in [0, 0.05) is 12.6 Å². The molecule has 5 amide bonds. The van der Waals surface area contributed by atoms with E-state index in [-0.39, 0.29) is 54.0 Å². The molecule has 1 saturated heterocycles. The van der Waals surface area contributed by atoms with Crippen molar-refractivity contribution in [3.63, 3.8) is 0 Å². The van der Waals surface area contributed by atoms with Crippen LogP contribution in [0.3, 0.4) is 0 Å². The van der Waals surface area contributed by atoms with E-state index in [0.29, 0.717) is 13.0 Å². The molecule has 1 aliphatic heterocycles. The van der Waals surface area contributed by atoms with Crippen LogP contribution in [0.4, 0.5) is 4.79 Å². The number of Topliss-reactive ketones (excluding diaryl/α,β-unsaturated/α-hetero) is 1. The van der Waals surface area contributed by atoms with Gasteiger partial charge in [-0.3, -0.25) is 24.0 Å². The van der Waals surface area contributed by atoms with E-state index >= 15 is 0 Å². The number of nitrogens with one attached hydrogen (secondary N) is 4. The quantitative estimate of drug-likeness (QED) is 0.244.